The normalized spacial score (nSPS) is 14.1. The van der Waals surface area contributed by atoms with E-state index in [9.17, 15) is 4.79 Å². The Labute approximate surface area is 147 Å². The fourth-order valence-corrected chi connectivity index (χ4v) is 2.98. The molecule has 1 aliphatic rings. The predicted octanol–water partition coefficient (Wildman–Crippen LogP) is 2.23. The van der Waals surface area contributed by atoms with E-state index in [-0.39, 0.29) is 5.91 Å². The summed E-state index contributed by atoms with van der Waals surface area (Å²) >= 11 is 0. The van der Waals surface area contributed by atoms with Crippen LogP contribution in [0.25, 0.3) is 0 Å². The monoisotopic (exact) mass is 336 g/mol. The number of anilines is 1. The van der Waals surface area contributed by atoms with Crippen LogP contribution in [0.15, 0.2) is 36.5 Å². The molecule has 0 N–H and O–H groups in total. The topological polar surface area (TPSA) is 69.5 Å². The average molecular weight is 336 g/mol. The summed E-state index contributed by atoms with van der Waals surface area (Å²) in [6, 6.07) is 11.0. The van der Waals surface area contributed by atoms with Crippen LogP contribution in [0.2, 0.25) is 0 Å². The van der Waals surface area contributed by atoms with Crippen LogP contribution in [0.4, 0.5) is 5.82 Å². The molecule has 2 aromatic rings. The number of ether oxygens (including phenoxy) is 1. The molecule has 0 saturated carbocycles. The maximum absolute atomic E-state index is 12.8. The number of hydrogen-bond donors (Lipinski definition) is 0. The molecule has 128 valence electrons. The number of aryl methyl sites for hydroxylation is 1. The summed E-state index contributed by atoms with van der Waals surface area (Å²) in [5.74, 6) is 1.65. The van der Waals surface area contributed by atoms with E-state index in [1.807, 2.05) is 24.0 Å². The summed E-state index contributed by atoms with van der Waals surface area (Å²) in [6.45, 7) is 4.58. The summed E-state index contributed by atoms with van der Waals surface area (Å²) in [4.78, 5) is 21.1. The van der Waals surface area contributed by atoms with Crippen molar-refractivity contribution in [2.24, 2.45) is 0 Å². The molecule has 1 saturated heterocycles. The van der Waals surface area contributed by atoms with Crippen LogP contribution < -0.4 is 9.64 Å². The Balaban J connectivity index is 1.67. The second-order valence-corrected chi connectivity index (χ2v) is 5.97. The number of methoxy groups -OCH3 is 1. The van der Waals surface area contributed by atoms with Crippen molar-refractivity contribution < 1.29 is 9.53 Å². The van der Waals surface area contributed by atoms with Crippen LogP contribution >= 0.6 is 0 Å². The molecule has 0 atom stereocenters. The van der Waals surface area contributed by atoms with Gasteiger partial charge in [-0.25, -0.2) is 4.98 Å². The van der Waals surface area contributed by atoms with Crippen molar-refractivity contribution in [3.63, 3.8) is 0 Å². The fraction of sp³-hybridized carbons (Fsp3) is 0.316. The summed E-state index contributed by atoms with van der Waals surface area (Å²) < 4.78 is 5.24. The van der Waals surface area contributed by atoms with Crippen LogP contribution in [0.5, 0.6) is 5.75 Å². The summed E-state index contributed by atoms with van der Waals surface area (Å²) in [5.41, 5.74) is 2.07. The smallest absolute Gasteiger partial charge is 0.254 e. The highest BCUT2D eigenvalue weighted by Crippen LogP contribution is 2.20. The van der Waals surface area contributed by atoms with Gasteiger partial charge in [0.2, 0.25) is 0 Å². The zero-order valence-corrected chi connectivity index (χ0v) is 14.4. The second kappa shape index (κ2) is 7.22. The van der Waals surface area contributed by atoms with Gasteiger partial charge in [-0.3, -0.25) is 4.79 Å². The average Bonchev–Trinajstić information content (AvgIpc) is 2.67. The van der Waals surface area contributed by atoms with Gasteiger partial charge in [-0.15, -0.1) is 0 Å². The number of benzene rings is 1. The van der Waals surface area contributed by atoms with Gasteiger partial charge in [0.25, 0.3) is 5.91 Å². The highest BCUT2D eigenvalue weighted by molar-refractivity contribution is 5.96. The number of hydrogen-bond acceptors (Lipinski definition) is 5. The van der Waals surface area contributed by atoms with E-state index < -0.39 is 0 Å². The van der Waals surface area contributed by atoms with Gasteiger partial charge in [0, 0.05) is 44.0 Å². The molecule has 0 spiro atoms. The molecule has 6 heteroatoms. The zero-order chi connectivity index (χ0) is 17.8. The van der Waals surface area contributed by atoms with E-state index in [2.05, 4.69) is 16.0 Å². The third-order valence-corrected chi connectivity index (χ3v) is 4.43. The number of amides is 1. The second-order valence-electron chi connectivity index (χ2n) is 5.97. The Bertz CT molecular complexity index is 820. The lowest BCUT2D eigenvalue weighted by molar-refractivity contribution is 0.0746. The van der Waals surface area contributed by atoms with Crippen molar-refractivity contribution >= 4 is 11.7 Å². The van der Waals surface area contributed by atoms with Crippen LogP contribution in [-0.4, -0.2) is 49.1 Å². The Morgan fingerprint density at radius 2 is 1.96 bits per heavy atom. The van der Waals surface area contributed by atoms with Crippen molar-refractivity contribution in [3.05, 3.63) is 53.2 Å². The fourth-order valence-electron chi connectivity index (χ4n) is 2.98. The van der Waals surface area contributed by atoms with Crippen LogP contribution in [0.1, 0.15) is 21.5 Å². The van der Waals surface area contributed by atoms with Crippen LogP contribution in [-0.2, 0) is 0 Å². The van der Waals surface area contributed by atoms with Crippen molar-refractivity contribution in [3.8, 4) is 11.8 Å². The van der Waals surface area contributed by atoms with E-state index in [1.165, 1.54) is 0 Å². The Morgan fingerprint density at radius 1 is 1.20 bits per heavy atom. The zero-order valence-electron chi connectivity index (χ0n) is 14.4. The largest absolute Gasteiger partial charge is 0.497 e. The minimum absolute atomic E-state index is 0.0141. The number of nitrogens with zero attached hydrogens (tertiary/aromatic N) is 4. The van der Waals surface area contributed by atoms with Crippen molar-refractivity contribution in [2.45, 2.75) is 6.92 Å². The highest BCUT2D eigenvalue weighted by Gasteiger charge is 2.24. The first-order valence-electron chi connectivity index (χ1n) is 8.17. The Morgan fingerprint density at radius 3 is 2.60 bits per heavy atom. The molecule has 0 radical (unpaired) electrons. The number of carbonyl (C=O) groups is 1. The molecular weight excluding hydrogens is 316 g/mol. The van der Waals surface area contributed by atoms with Crippen molar-refractivity contribution in [1.29, 1.82) is 5.26 Å². The van der Waals surface area contributed by atoms with E-state index in [1.54, 1.807) is 31.5 Å². The molecule has 0 aliphatic carbocycles. The highest BCUT2D eigenvalue weighted by atomic mass is 16.5. The van der Waals surface area contributed by atoms with Gasteiger partial charge in [-0.05, 0) is 36.8 Å². The number of carbonyl (C=O) groups excluding carboxylic acids is 1. The van der Waals surface area contributed by atoms with Crippen LogP contribution in [0.3, 0.4) is 0 Å². The van der Waals surface area contributed by atoms with Gasteiger partial charge in [-0.2, -0.15) is 5.26 Å². The first-order valence-corrected chi connectivity index (χ1v) is 8.17. The Hall–Kier alpha value is -3.07. The number of pyridine rings is 1. The molecular formula is C19H20N4O2. The SMILES string of the molecule is COc1ccnc(N2CCN(C(=O)c3ccc(C#N)cc3C)CC2)c1. The lowest BCUT2D eigenvalue weighted by atomic mass is 10.0. The van der Waals surface area contributed by atoms with Crippen LogP contribution in [0, 0.1) is 18.3 Å². The molecule has 3 rings (SSSR count). The molecule has 6 nitrogen and oxygen atoms in total. The molecule has 1 aromatic carbocycles. The maximum atomic E-state index is 12.8. The molecule has 0 unspecified atom stereocenters. The first-order chi connectivity index (χ1) is 12.1. The lowest BCUT2D eigenvalue weighted by Gasteiger charge is -2.35. The van der Waals surface area contributed by atoms with Gasteiger partial charge in [0.15, 0.2) is 0 Å². The molecule has 1 fully saturated rings. The quantitative estimate of drug-likeness (QED) is 0.860. The molecule has 1 aliphatic heterocycles. The molecule has 1 aromatic heterocycles. The van der Waals surface area contributed by atoms with Gasteiger partial charge in [0.1, 0.15) is 11.6 Å². The number of nitriles is 1. The van der Waals surface area contributed by atoms with Crippen molar-refractivity contribution in [2.75, 3.05) is 38.2 Å². The van der Waals surface area contributed by atoms with Gasteiger partial charge in [0.05, 0.1) is 18.7 Å². The molecule has 1 amide bonds. The number of rotatable bonds is 3. The summed E-state index contributed by atoms with van der Waals surface area (Å²) in [5, 5.41) is 8.95. The number of piperazine rings is 1. The first kappa shape index (κ1) is 16.8. The third-order valence-electron chi connectivity index (χ3n) is 4.43. The summed E-state index contributed by atoms with van der Waals surface area (Å²) in [7, 11) is 1.63. The third kappa shape index (κ3) is 3.56. The van der Waals surface area contributed by atoms with Gasteiger partial charge in [-0.1, -0.05) is 0 Å². The maximum Gasteiger partial charge on any atom is 0.254 e. The van der Waals surface area contributed by atoms with Crippen molar-refractivity contribution in [1.82, 2.24) is 9.88 Å². The summed E-state index contributed by atoms with van der Waals surface area (Å²) in [6.07, 6.45) is 1.73. The van der Waals surface area contributed by atoms with E-state index in [4.69, 9.17) is 10.00 Å². The van der Waals surface area contributed by atoms with E-state index in [0.717, 1.165) is 30.2 Å². The molecule has 25 heavy (non-hydrogen) atoms. The van der Waals surface area contributed by atoms with Gasteiger partial charge < -0.3 is 14.5 Å². The van der Waals surface area contributed by atoms with E-state index >= 15 is 0 Å². The minimum Gasteiger partial charge on any atom is -0.497 e. The minimum atomic E-state index is 0.0141. The Kier molecular flexibility index (Phi) is 4.85. The van der Waals surface area contributed by atoms with E-state index in [0.29, 0.717) is 24.2 Å². The van der Waals surface area contributed by atoms with Gasteiger partial charge >= 0.3 is 0 Å². The lowest BCUT2D eigenvalue weighted by Crippen LogP contribution is -2.49. The molecule has 0 bridgehead atoms. The standard InChI is InChI=1S/C19H20N4O2/c1-14-11-15(13-20)3-4-17(14)19(24)23-9-7-22(8-10-23)18-12-16(25-2)5-6-21-18/h3-6,11-12H,7-10H2,1-2H3. The predicted molar refractivity (Wildman–Crippen MR) is 94.8 cm³/mol. The molecule has 2 heterocycles. The number of aromatic nitrogens is 1.